The Morgan fingerprint density at radius 3 is 1.32 bits per heavy atom. The van der Waals surface area contributed by atoms with Crippen molar-refractivity contribution in [1.82, 2.24) is 21.3 Å². The zero-order chi connectivity index (χ0) is 38.1. The molecule has 2 aliphatic rings. The van der Waals surface area contributed by atoms with Crippen molar-refractivity contribution < 1.29 is 38.7 Å². The molecule has 2 saturated carbocycles. The van der Waals surface area contributed by atoms with E-state index in [-0.39, 0.29) is 31.0 Å². The van der Waals surface area contributed by atoms with Crippen molar-refractivity contribution >= 4 is 31.3 Å². The molecule has 0 saturated heterocycles. The number of carbonyl (C=O) groups excluding carboxylic acids is 4. The summed E-state index contributed by atoms with van der Waals surface area (Å²) in [4.78, 5) is 54.5. The van der Waals surface area contributed by atoms with Gasteiger partial charge in [-0.15, -0.1) is 0 Å². The average molecular weight is 737 g/mol. The van der Waals surface area contributed by atoms with Crippen molar-refractivity contribution in [2.75, 3.05) is 26.2 Å². The number of hydrogen-bond donors (Lipinski definition) is 8. The number of phenolic OH excluding ortho intramolecular Hbond substituents is 2. The highest BCUT2D eigenvalue weighted by molar-refractivity contribution is 6.18. The number of rotatable bonds is 22. The summed E-state index contributed by atoms with van der Waals surface area (Å²) in [7, 11) is -0.275. The van der Waals surface area contributed by atoms with Gasteiger partial charge in [0, 0.05) is 13.1 Å². The number of nitrogens with two attached hydrogens (primary N) is 2. The molecular formula is C38H57BN6O8. The molecular weight excluding hydrogens is 679 g/mol. The van der Waals surface area contributed by atoms with Crippen molar-refractivity contribution in [2.24, 2.45) is 22.3 Å². The molecule has 4 rings (SSSR count). The minimum atomic E-state index is -1.22. The van der Waals surface area contributed by atoms with E-state index in [2.05, 4.69) is 21.3 Å². The monoisotopic (exact) mass is 736 g/mol. The predicted octanol–water partition coefficient (Wildman–Crippen LogP) is 1.90. The Balaban J connectivity index is 1.32. The Labute approximate surface area is 312 Å². The average Bonchev–Trinajstić information content (AvgIpc) is 3.87. The summed E-state index contributed by atoms with van der Waals surface area (Å²) in [5, 5.41) is 30.8. The minimum absolute atomic E-state index is 0.170. The molecule has 2 unspecified atom stereocenters. The van der Waals surface area contributed by atoms with E-state index in [4.69, 9.17) is 20.8 Å². The van der Waals surface area contributed by atoms with Gasteiger partial charge in [-0.3, -0.25) is 19.2 Å². The molecule has 0 heterocycles. The van der Waals surface area contributed by atoms with Gasteiger partial charge < -0.3 is 52.3 Å². The molecule has 10 N–H and O–H groups in total. The van der Waals surface area contributed by atoms with Crippen LogP contribution in [0, 0.1) is 10.8 Å². The summed E-state index contributed by atoms with van der Waals surface area (Å²) >= 11 is 0. The van der Waals surface area contributed by atoms with Gasteiger partial charge in [0.15, 0.2) is 0 Å². The third kappa shape index (κ3) is 11.9. The molecule has 0 aromatic heterocycles. The summed E-state index contributed by atoms with van der Waals surface area (Å²) in [6.07, 6.45) is 6.06. The first-order valence-electron chi connectivity index (χ1n) is 19.0. The van der Waals surface area contributed by atoms with Crippen LogP contribution in [0.25, 0.3) is 0 Å². The van der Waals surface area contributed by atoms with Gasteiger partial charge in [0.2, 0.25) is 23.6 Å². The third-order valence-electron chi connectivity index (χ3n) is 10.4. The highest BCUT2D eigenvalue weighted by atomic mass is 16.6. The van der Waals surface area contributed by atoms with Crippen molar-refractivity contribution in [3.05, 3.63) is 59.7 Å². The molecule has 0 aliphatic heterocycles. The Morgan fingerprint density at radius 1 is 0.623 bits per heavy atom. The van der Waals surface area contributed by atoms with Crippen LogP contribution >= 0.6 is 0 Å². The molecule has 0 spiro atoms. The molecule has 2 fully saturated rings. The maximum atomic E-state index is 13.8. The lowest BCUT2D eigenvalue weighted by Crippen LogP contribution is -2.54. The normalized spacial score (nSPS) is 17.0. The molecule has 14 nitrogen and oxygen atoms in total. The molecule has 0 bridgehead atoms. The largest absolute Gasteiger partial charge is 0.508 e. The summed E-state index contributed by atoms with van der Waals surface area (Å²) in [5.41, 5.74) is 11.0. The van der Waals surface area contributed by atoms with Crippen LogP contribution < -0.4 is 32.7 Å². The molecule has 4 amide bonds. The third-order valence-corrected chi connectivity index (χ3v) is 10.4. The minimum Gasteiger partial charge on any atom is -0.508 e. The molecule has 15 heteroatoms. The number of carbonyl (C=O) groups is 4. The maximum absolute atomic E-state index is 13.8. The maximum Gasteiger partial charge on any atom is 0.441 e. The van der Waals surface area contributed by atoms with E-state index in [0.717, 1.165) is 36.8 Å². The number of hydrogen-bond acceptors (Lipinski definition) is 10. The Bertz CT molecular complexity index is 1360. The van der Waals surface area contributed by atoms with E-state index < -0.39 is 35.1 Å². The van der Waals surface area contributed by atoms with Crippen LogP contribution in [0.1, 0.15) is 88.2 Å². The second kappa shape index (κ2) is 20.9. The fourth-order valence-electron chi connectivity index (χ4n) is 7.15. The number of aromatic hydroxyl groups is 2. The zero-order valence-corrected chi connectivity index (χ0v) is 30.7. The van der Waals surface area contributed by atoms with Crippen LogP contribution in [0.5, 0.6) is 11.5 Å². The zero-order valence-electron chi connectivity index (χ0n) is 30.7. The van der Waals surface area contributed by atoms with Gasteiger partial charge in [0.25, 0.3) is 0 Å². The van der Waals surface area contributed by atoms with Crippen LogP contribution in [0.3, 0.4) is 0 Å². The molecule has 2 aromatic rings. The van der Waals surface area contributed by atoms with Crippen LogP contribution in [0.2, 0.25) is 0 Å². The molecule has 290 valence electrons. The molecule has 2 atom stereocenters. The summed E-state index contributed by atoms with van der Waals surface area (Å²) in [6.45, 7) is 1.43. The van der Waals surface area contributed by atoms with Crippen LogP contribution in [-0.2, 0) is 41.3 Å². The van der Waals surface area contributed by atoms with E-state index in [1.54, 1.807) is 48.5 Å². The summed E-state index contributed by atoms with van der Waals surface area (Å²) in [5.74, 6) is -1.13. The Kier molecular flexibility index (Phi) is 16.4. The molecule has 2 aliphatic carbocycles. The SMILES string of the molecule is NCCCC(NC(=O)C1(C(=O)NCCc2ccc(O)cc2)CCCC1)OBOC(CCCN)NC(=O)C1(C(=O)NCCc2ccc(O)cc2)CCCC1. The first-order chi connectivity index (χ1) is 25.6. The first-order valence-corrected chi connectivity index (χ1v) is 19.0. The molecule has 0 radical (unpaired) electrons. The van der Waals surface area contributed by atoms with Crippen molar-refractivity contribution in [3.63, 3.8) is 0 Å². The number of nitrogens with one attached hydrogen (secondary N) is 4. The van der Waals surface area contributed by atoms with Gasteiger partial charge in [0.1, 0.15) is 34.8 Å². The van der Waals surface area contributed by atoms with Crippen molar-refractivity contribution in [2.45, 2.75) is 102 Å². The van der Waals surface area contributed by atoms with Gasteiger partial charge in [0.05, 0.1) is 0 Å². The van der Waals surface area contributed by atoms with Crippen LogP contribution in [-0.4, -0.2) is 80.2 Å². The van der Waals surface area contributed by atoms with Gasteiger partial charge in [-0.25, -0.2) is 0 Å². The van der Waals surface area contributed by atoms with E-state index >= 15 is 0 Å². The standard InChI is InChI=1S/C38H57BN6O8/c40-23-5-7-31(44-35(50)37(19-1-2-20-37)33(48)42-25-17-27-9-13-29(46)14-10-27)52-39-53-32(8-6-24-41)45-36(51)38(21-3-4-22-38)34(49)43-26-18-28-11-15-30(47)16-12-28/h9-16,31-32,39,46-47H,1-8,17-26,40-41H2,(H,42,48)(H,43,49)(H,44,50)(H,45,51). The summed E-state index contributed by atoms with van der Waals surface area (Å²) in [6, 6.07) is 13.5. The number of amides is 4. The second-order valence-electron chi connectivity index (χ2n) is 14.2. The van der Waals surface area contributed by atoms with Crippen LogP contribution in [0.15, 0.2) is 48.5 Å². The van der Waals surface area contributed by atoms with Gasteiger partial charge in [-0.1, -0.05) is 49.9 Å². The Hall–Kier alpha value is -4.18. The van der Waals surface area contributed by atoms with Crippen LogP contribution in [0.4, 0.5) is 0 Å². The highest BCUT2D eigenvalue weighted by Crippen LogP contribution is 2.40. The van der Waals surface area contributed by atoms with E-state index in [0.29, 0.717) is 90.4 Å². The smallest absolute Gasteiger partial charge is 0.441 e. The lowest BCUT2D eigenvalue weighted by molar-refractivity contribution is -0.146. The predicted molar refractivity (Wildman–Crippen MR) is 201 cm³/mol. The van der Waals surface area contributed by atoms with Gasteiger partial charge in [-0.2, -0.15) is 0 Å². The van der Waals surface area contributed by atoms with Crippen molar-refractivity contribution in [3.8, 4) is 11.5 Å². The quantitative estimate of drug-likeness (QED) is 0.0498. The Morgan fingerprint density at radius 2 is 0.981 bits per heavy atom. The first kappa shape index (κ1) is 41.6. The lowest BCUT2D eigenvalue weighted by atomic mass is 9.83. The number of benzene rings is 2. The van der Waals surface area contributed by atoms with Crippen molar-refractivity contribution in [1.29, 1.82) is 0 Å². The second-order valence-corrected chi connectivity index (χ2v) is 14.2. The summed E-state index contributed by atoms with van der Waals surface area (Å²) < 4.78 is 12.0. The number of phenols is 2. The van der Waals surface area contributed by atoms with E-state index in [1.807, 2.05) is 0 Å². The molecule has 2 aromatic carbocycles. The molecule has 53 heavy (non-hydrogen) atoms. The highest BCUT2D eigenvalue weighted by Gasteiger charge is 2.49. The fraction of sp³-hybridized carbons (Fsp3) is 0.579. The lowest BCUT2D eigenvalue weighted by Gasteiger charge is -2.31. The van der Waals surface area contributed by atoms with Gasteiger partial charge in [-0.05, 0) is 113 Å². The van der Waals surface area contributed by atoms with E-state index in [1.165, 1.54) is 0 Å². The fourth-order valence-corrected chi connectivity index (χ4v) is 7.15. The van der Waals surface area contributed by atoms with E-state index in [9.17, 15) is 29.4 Å². The van der Waals surface area contributed by atoms with Gasteiger partial charge >= 0.3 is 7.69 Å². The topological polar surface area (TPSA) is 227 Å².